The SMILES string of the molecule is CCC(=O)OCSN(C)S(=O)(=O)c1ccc(C(C)CC)cc1. The molecule has 0 N–H and O–H groups in total. The Morgan fingerprint density at radius 1 is 1.27 bits per heavy atom. The van der Waals surface area contributed by atoms with Gasteiger partial charge in [-0.1, -0.05) is 32.9 Å². The Morgan fingerprint density at radius 2 is 1.86 bits per heavy atom. The van der Waals surface area contributed by atoms with Crippen molar-refractivity contribution in [3.63, 3.8) is 0 Å². The van der Waals surface area contributed by atoms with E-state index in [9.17, 15) is 13.2 Å². The van der Waals surface area contributed by atoms with Crippen molar-refractivity contribution in [3.05, 3.63) is 29.8 Å². The van der Waals surface area contributed by atoms with E-state index in [1.54, 1.807) is 19.1 Å². The van der Waals surface area contributed by atoms with E-state index in [1.807, 2.05) is 12.1 Å². The third kappa shape index (κ3) is 5.00. The molecule has 22 heavy (non-hydrogen) atoms. The first-order chi connectivity index (χ1) is 10.3. The summed E-state index contributed by atoms with van der Waals surface area (Å²) < 4.78 is 30.8. The second-order valence-electron chi connectivity index (χ2n) is 4.91. The third-order valence-corrected chi connectivity index (χ3v) is 6.48. The number of hydrogen-bond donors (Lipinski definition) is 0. The van der Waals surface area contributed by atoms with Crippen molar-refractivity contribution in [1.82, 2.24) is 3.71 Å². The summed E-state index contributed by atoms with van der Waals surface area (Å²) in [5.41, 5.74) is 1.12. The zero-order valence-corrected chi connectivity index (χ0v) is 15.0. The Labute approximate surface area is 137 Å². The number of carbonyl (C=O) groups is 1. The van der Waals surface area contributed by atoms with Crippen LogP contribution in [0.2, 0.25) is 0 Å². The lowest BCUT2D eigenvalue weighted by molar-refractivity contribution is -0.141. The molecule has 0 radical (unpaired) electrons. The monoisotopic (exact) mass is 345 g/mol. The van der Waals surface area contributed by atoms with Gasteiger partial charge < -0.3 is 4.74 Å². The minimum Gasteiger partial charge on any atom is -0.453 e. The maximum absolute atomic E-state index is 12.4. The highest BCUT2D eigenvalue weighted by Crippen LogP contribution is 2.24. The van der Waals surface area contributed by atoms with E-state index in [1.165, 1.54) is 7.05 Å². The fourth-order valence-corrected chi connectivity index (χ4v) is 3.74. The van der Waals surface area contributed by atoms with Crippen LogP contribution >= 0.6 is 11.9 Å². The molecule has 0 saturated carbocycles. The van der Waals surface area contributed by atoms with E-state index in [2.05, 4.69) is 13.8 Å². The Hall–Kier alpha value is -1.05. The number of sulfonamides is 1. The zero-order valence-electron chi connectivity index (χ0n) is 13.4. The van der Waals surface area contributed by atoms with E-state index >= 15 is 0 Å². The molecule has 0 amide bonds. The number of esters is 1. The highest BCUT2D eigenvalue weighted by molar-refractivity contribution is 8.08. The van der Waals surface area contributed by atoms with Crippen LogP contribution in [0, 0.1) is 0 Å². The average Bonchev–Trinajstić information content (AvgIpc) is 2.53. The standard InChI is InChI=1S/C15H23NO4S2/c1-5-12(3)13-7-9-14(10-8-13)22(18,19)16(4)21-11-20-15(17)6-2/h7-10,12H,5-6,11H2,1-4H3. The first-order valence-corrected chi connectivity index (χ1v) is 9.58. The molecule has 1 aromatic carbocycles. The molecule has 0 fully saturated rings. The minimum absolute atomic E-state index is 0.0205. The number of hydrogen-bond acceptors (Lipinski definition) is 5. The Balaban J connectivity index is 2.74. The minimum atomic E-state index is -3.59. The van der Waals surface area contributed by atoms with Crippen molar-refractivity contribution < 1.29 is 17.9 Å². The van der Waals surface area contributed by atoms with Crippen molar-refractivity contribution in [2.75, 3.05) is 13.0 Å². The maximum atomic E-state index is 12.4. The Kier molecular flexibility index (Phi) is 7.38. The number of nitrogens with zero attached hydrogens (tertiary/aromatic N) is 1. The summed E-state index contributed by atoms with van der Waals surface area (Å²) in [6.45, 7) is 5.89. The van der Waals surface area contributed by atoms with Gasteiger partial charge in [0.2, 0.25) is 0 Å². The average molecular weight is 345 g/mol. The van der Waals surface area contributed by atoms with Gasteiger partial charge in [0.25, 0.3) is 10.0 Å². The molecule has 0 heterocycles. The topological polar surface area (TPSA) is 63.7 Å². The Morgan fingerprint density at radius 3 is 2.36 bits per heavy atom. The molecule has 0 bridgehead atoms. The summed E-state index contributed by atoms with van der Waals surface area (Å²) >= 11 is 0.939. The van der Waals surface area contributed by atoms with Crippen molar-refractivity contribution in [3.8, 4) is 0 Å². The predicted molar refractivity (Wildman–Crippen MR) is 88.9 cm³/mol. The molecule has 7 heteroatoms. The number of ether oxygens (including phenoxy) is 1. The molecular weight excluding hydrogens is 322 g/mol. The second-order valence-corrected chi connectivity index (χ2v) is 8.15. The quantitative estimate of drug-likeness (QED) is 0.410. The second kappa shape index (κ2) is 8.55. The van der Waals surface area contributed by atoms with Gasteiger partial charge >= 0.3 is 5.97 Å². The van der Waals surface area contributed by atoms with Crippen LogP contribution in [0.15, 0.2) is 29.2 Å². The lowest BCUT2D eigenvalue weighted by Gasteiger charge is -2.16. The summed E-state index contributed by atoms with van der Waals surface area (Å²) in [7, 11) is -2.14. The highest BCUT2D eigenvalue weighted by atomic mass is 32.3. The van der Waals surface area contributed by atoms with Gasteiger partial charge in [0.1, 0.15) is 0 Å². The van der Waals surface area contributed by atoms with Gasteiger partial charge in [-0.25, -0.2) is 8.42 Å². The van der Waals surface area contributed by atoms with Crippen LogP contribution in [-0.4, -0.2) is 31.1 Å². The molecule has 1 aromatic rings. The van der Waals surface area contributed by atoms with Crippen molar-refractivity contribution in [2.24, 2.45) is 0 Å². The Bertz CT molecular complexity index is 584. The van der Waals surface area contributed by atoms with Crippen LogP contribution in [0.3, 0.4) is 0 Å². The molecule has 5 nitrogen and oxygen atoms in total. The molecule has 124 valence electrons. The number of carbonyl (C=O) groups excluding carboxylic acids is 1. The summed E-state index contributed by atoms with van der Waals surface area (Å²) in [4.78, 5) is 11.3. The summed E-state index contributed by atoms with van der Waals surface area (Å²) in [6, 6.07) is 6.92. The van der Waals surface area contributed by atoms with Crippen LogP contribution in [0.4, 0.5) is 0 Å². The van der Waals surface area contributed by atoms with Gasteiger partial charge in [-0.05, 0) is 42.0 Å². The van der Waals surface area contributed by atoms with E-state index < -0.39 is 10.0 Å². The first kappa shape index (κ1) is 19.0. The van der Waals surface area contributed by atoms with Crippen LogP contribution in [-0.2, 0) is 19.6 Å². The van der Waals surface area contributed by atoms with Crippen LogP contribution in [0.25, 0.3) is 0 Å². The molecule has 0 aliphatic heterocycles. The third-order valence-electron chi connectivity index (χ3n) is 3.44. The zero-order chi connectivity index (χ0) is 16.8. The highest BCUT2D eigenvalue weighted by Gasteiger charge is 2.22. The van der Waals surface area contributed by atoms with E-state index in [-0.39, 0.29) is 23.2 Å². The summed E-state index contributed by atoms with van der Waals surface area (Å²) in [5, 5.41) is 0. The smallest absolute Gasteiger partial charge is 0.306 e. The normalized spacial score (nSPS) is 13.1. The number of benzene rings is 1. The van der Waals surface area contributed by atoms with Crippen LogP contribution < -0.4 is 0 Å². The summed E-state index contributed by atoms with van der Waals surface area (Å²) in [6.07, 6.45) is 1.28. The lowest BCUT2D eigenvalue weighted by atomic mass is 9.99. The molecule has 0 aromatic heterocycles. The first-order valence-electron chi connectivity index (χ1n) is 7.20. The van der Waals surface area contributed by atoms with Gasteiger partial charge in [-0.2, -0.15) is 0 Å². The maximum Gasteiger partial charge on any atom is 0.306 e. The predicted octanol–water partition coefficient (Wildman–Crippen LogP) is 3.38. The van der Waals surface area contributed by atoms with Gasteiger partial charge in [0, 0.05) is 13.5 Å². The van der Waals surface area contributed by atoms with E-state index in [0.29, 0.717) is 5.92 Å². The van der Waals surface area contributed by atoms with Gasteiger partial charge in [0.15, 0.2) is 5.94 Å². The fraction of sp³-hybridized carbons (Fsp3) is 0.533. The van der Waals surface area contributed by atoms with Gasteiger partial charge in [0.05, 0.1) is 4.90 Å². The molecule has 0 saturated heterocycles. The lowest BCUT2D eigenvalue weighted by Crippen LogP contribution is -2.21. The van der Waals surface area contributed by atoms with Crippen LogP contribution in [0.1, 0.15) is 45.1 Å². The van der Waals surface area contributed by atoms with Gasteiger partial charge in [-0.3, -0.25) is 4.79 Å². The molecule has 1 rings (SSSR count). The van der Waals surface area contributed by atoms with Crippen molar-refractivity contribution in [2.45, 2.75) is 44.4 Å². The molecule has 1 unspecified atom stereocenters. The number of rotatable bonds is 8. The molecular formula is C15H23NO4S2. The molecule has 1 atom stereocenters. The van der Waals surface area contributed by atoms with Crippen molar-refractivity contribution >= 4 is 27.9 Å². The van der Waals surface area contributed by atoms with E-state index in [0.717, 1.165) is 27.6 Å². The molecule has 0 aliphatic carbocycles. The van der Waals surface area contributed by atoms with Crippen molar-refractivity contribution in [1.29, 1.82) is 0 Å². The fourth-order valence-electron chi connectivity index (χ4n) is 1.69. The van der Waals surface area contributed by atoms with Crippen LogP contribution in [0.5, 0.6) is 0 Å². The summed E-state index contributed by atoms with van der Waals surface area (Å²) in [5.74, 6) is 0.0291. The largest absolute Gasteiger partial charge is 0.453 e. The molecule has 0 aliphatic rings. The molecule has 0 spiro atoms. The van der Waals surface area contributed by atoms with Gasteiger partial charge in [-0.15, -0.1) is 3.71 Å². The van der Waals surface area contributed by atoms with E-state index in [4.69, 9.17) is 4.74 Å².